The molecule has 0 saturated carbocycles. The molecule has 1 saturated heterocycles. The first-order chi connectivity index (χ1) is 9.11. The third-order valence-electron chi connectivity index (χ3n) is 3.22. The minimum atomic E-state index is -2.86. The van der Waals surface area contributed by atoms with E-state index >= 15 is 0 Å². The summed E-state index contributed by atoms with van der Waals surface area (Å²) in [6.45, 7) is 4.36. The summed E-state index contributed by atoms with van der Waals surface area (Å²) in [6, 6.07) is 2.04. The van der Waals surface area contributed by atoms with Gasteiger partial charge in [-0.3, -0.25) is 4.98 Å². The third-order valence-corrected chi connectivity index (χ3v) is 4.94. The number of anilines is 2. The highest BCUT2D eigenvalue weighted by atomic mass is 32.2. The average molecular weight is 283 g/mol. The van der Waals surface area contributed by atoms with Crippen LogP contribution in [0.3, 0.4) is 0 Å². The van der Waals surface area contributed by atoms with Crippen molar-refractivity contribution in [2.24, 2.45) is 0 Å². The Bertz CT molecular complexity index is 516. The zero-order valence-corrected chi connectivity index (χ0v) is 12.1. The topological polar surface area (TPSA) is 62.3 Å². The number of sulfone groups is 1. The van der Waals surface area contributed by atoms with E-state index in [-0.39, 0.29) is 5.75 Å². The summed E-state index contributed by atoms with van der Waals surface area (Å²) in [5.41, 5.74) is 1.99. The van der Waals surface area contributed by atoms with Gasteiger partial charge in [-0.05, 0) is 18.9 Å². The SMILES string of the molecule is CCCNc1cncc(N2CCCS(=O)(=O)CC2)c1. The van der Waals surface area contributed by atoms with Crippen LogP contribution < -0.4 is 10.2 Å². The van der Waals surface area contributed by atoms with Crippen LogP contribution in [0.25, 0.3) is 0 Å². The molecular formula is C13H21N3O2S. The molecule has 0 radical (unpaired) electrons. The number of pyridine rings is 1. The highest BCUT2D eigenvalue weighted by Crippen LogP contribution is 2.19. The molecule has 0 unspecified atom stereocenters. The highest BCUT2D eigenvalue weighted by molar-refractivity contribution is 7.91. The fourth-order valence-electron chi connectivity index (χ4n) is 2.16. The van der Waals surface area contributed by atoms with Gasteiger partial charge in [0, 0.05) is 19.6 Å². The lowest BCUT2D eigenvalue weighted by Gasteiger charge is -2.22. The maximum Gasteiger partial charge on any atom is 0.152 e. The Morgan fingerprint density at radius 2 is 2.16 bits per heavy atom. The number of aromatic nitrogens is 1. The molecule has 19 heavy (non-hydrogen) atoms. The van der Waals surface area contributed by atoms with Gasteiger partial charge in [-0.15, -0.1) is 0 Å². The second-order valence-electron chi connectivity index (χ2n) is 4.85. The van der Waals surface area contributed by atoms with Crippen LogP contribution in [0.5, 0.6) is 0 Å². The van der Waals surface area contributed by atoms with Gasteiger partial charge in [0.1, 0.15) is 0 Å². The first-order valence-corrected chi connectivity index (χ1v) is 8.57. The van der Waals surface area contributed by atoms with E-state index in [1.165, 1.54) is 0 Å². The molecule has 6 heteroatoms. The zero-order valence-electron chi connectivity index (χ0n) is 11.3. The summed E-state index contributed by atoms with van der Waals surface area (Å²) in [6.07, 6.45) is 5.35. The van der Waals surface area contributed by atoms with Crippen LogP contribution in [-0.4, -0.2) is 44.5 Å². The van der Waals surface area contributed by atoms with Crippen LogP contribution in [-0.2, 0) is 9.84 Å². The fraction of sp³-hybridized carbons (Fsp3) is 0.615. The van der Waals surface area contributed by atoms with Crippen molar-refractivity contribution in [2.45, 2.75) is 19.8 Å². The molecule has 0 spiro atoms. The second kappa shape index (κ2) is 6.23. The van der Waals surface area contributed by atoms with Crippen molar-refractivity contribution in [1.82, 2.24) is 4.98 Å². The van der Waals surface area contributed by atoms with Gasteiger partial charge in [-0.25, -0.2) is 8.42 Å². The third kappa shape index (κ3) is 4.09. The molecule has 1 aromatic heterocycles. The van der Waals surface area contributed by atoms with E-state index in [0.717, 1.165) is 30.9 Å². The van der Waals surface area contributed by atoms with Crippen LogP contribution in [0.1, 0.15) is 19.8 Å². The van der Waals surface area contributed by atoms with Crippen molar-refractivity contribution < 1.29 is 8.42 Å². The van der Waals surface area contributed by atoms with Gasteiger partial charge in [0.05, 0.1) is 35.3 Å². The van der Waals surface area contributed by atoms with Crippen molar-refractivity contribution in [3.05, 3.63) is 18.5 Å². The van der Waals surface area contributed by atoms with E-state index in [4.69, 9.17) is 0 Å². The second-order valence-corrected chi connectivity index (χ2v) is 7.15. The first-order valence-electron chi connectivity index (χ1n) is 6.75. The molecule has 2 heterocycles. The van der Waals surface area contributed by atoms with E-state index in [2.05, 4.69) is 22.1 Å². The standard InChI is InChI=1S/C13H21N3O2S/c1-2-4-15-12-9-13(11-14-10-12)16-5-3-7-19(17,18)8-6-16/h9-11,15H,2-8H2,1H3. The lowest BCUT2D eigenvalue weighted by atomic mass is 10.3. The molecule has 106 valence electrons. The Morgan fingerprint density at radius 1 is 1.32 bits per heavy atom. The van der Waals surface area contributed by atoms with Gasteiger partial charge in [0.2, 0.25) is 0 Å². The number of nitrogens with one attached hydrogen (secondary N) is 1. The predicted molar refractivity (Wildman–Crippen MR) is 78.5 cm³/mol. The Kier molecular flexibility index (Phi) is 4.63. The fourth-order valence-corrected chi connectivity index (χ4v) is 3.44. The van der Waals surface area contributed by atoms with Crippen molar-refractivity contribution in [3.8, 4) is 0 Å². The summed E-state index contributed by atoms with van der Waals surface area (Å²) >= 11 is 0. The van der Waals surface area contributed by atoms with Crippen LogP contribution in [0.2, 0.25) is 0 Å². The molecule has 0 atom stereocenters. The van der Waals surface area contributed by atoms with Gasteiger partial charge in [-0.2, -0.15) is 0 Å². The summed E-state index contributed by atoms with van der Waals surface area (Å²) in [5.74, 6) is 0.532. The predicted octanol–water partition coefficient (Wildman–Crippen LogP) is 1.53. The minimum absolute atomic E-state index is 0.236. The van der Waals surface area contributed by atoms with E-state index < -0.39 is 9.84 Å². The normalized spacial score (nSPS) is 18.9. The van der Waals surface area contributed by atoms with Gasteiger partial charge in [-0.1, -0.05) is 6.92 Å². The van der Waals surface area contributed by atoms with E-state index in [0.29, 0.717) is 18.7 Å². The quantitative estimate of drug-likeness (QED) is 0.908. The molecule has 2 rings (SSSR count). The molecule has 0 amide bonds. The lowest BCUT2D eigenvalue weighted by molar-refractivity contribution is 0.597. The molecule has 1 aromatic rings. The number of hydrogen-bond donors (Lipinski definition) is 1. The van der Waals surface area contributed by atoms with Crippen molar-refractivity contribution >= 4 is 21.2 Å². The molecule has 0 aliphatic carbocycles. The van der Waals surface area contributed by atoms with Crippen molar-refractivity contribution in [1.29, 1.82) is 0 Å². The Balaban J connectivity index is 2.08. The first kappa shape index (κ1) is 14.1. The van der Waals surface area contributed by atoms with Crippen LogP contribution in [0.4, 0.5) is 11.4 Å². The maximum atomic E-state index is 11.6. The minimum Gasteiger partial charge on any atom is -0.384 e. The molecule has 1 N–H and O–H groups in total. The molecule has 0 bridgehead atoms. The Hall–Kier alpha value is -1.30. The highest BCUT2D eigenvalue weighted by Gasteiger charge is 2.19. The van der Waals surface area contributed by atoms with Crippen molar-refractivity contribution in [2.75, 3.05) is 41.4 Å². The van der Waals surface area contributed by atoms with Gasteiger partial charge < -0.3 is 10.2 Å². The van der Waals surface area contributed by atoms with Gasteiger partial charge in [0.15, 0.2) is 9.84 Å². The Morgan fingerprint density at radius 3 is 2.95 bits per heavy atom. The number of rotatable bonds is 4. The summed E-state index contributed by atoms with van der Waals surface area (Å²) < 4.78 is 23.2. The molecule has 1 fully saturated rings. The van der Waals surface area contributed by atoms with E-state index in [1.807, 2.05) is 6.07 Å². The lowest BCUT2D eigenvalue weighted by Crippen LogP contribution is -2.26. The van der Waals surface area contributed by atoms with Crippen LogP contribution >= 0.6 is 0 Å². The van der Waals surface area contributed by atoms with Crippen LogP contribution in [0, 0.1) is 0 Å². The Labute approximate surface area is 114 Å². The largest absolute Gasteiger partial charge is 0.384 e. The smallest absolute Gasteiger partial charge is 0.152 e. The average Bonchev–Trinajstić information content (AvgIpc) is 2.58. The van der Waals surface area contributed by atoms with Crippen LogP contribution in [0.15, 0.2) is 18.5 Å². The monoisotopic (exact) mass is 283 g/mol. The van der Waals surface area contributed by atoms with Gasteiger partial charge >= 0.3 is 0 Å². The molecule has 1 aliphatic heterocycles. The van der Waals surface area contributed by atoms with Gasteiger partial charge in [0.25, 0.3) is 0 Å². The molecule has 1 aliphatic rings. The maximum absolute atomic E-state index is 11.6. The zero-order chi connectivity index (χ0) is 13.7. The number of hydrogen-bond acceptors (Lipinski definition) is 5. The van der Waals surface area contributed by atoms with E-state index in [9.17, 15) is 8.42 Å². The summed E-state index contributed by atoms with van der Waals surface area (Å²) in [7, 11) is -2.86. The van der Waals surface area contributed by atoms with E-state index in [1.54, 1.807) is 12.4 Å². The number of nitrogens with zero attached hydrogens (tertiary/aromatic N) is 2. The molecule has 0 aromatic carbocycles. The molecular weight excluding hydrogens is 262 g/mol. The molecule has 5 nitrogen and oxygen atoms in total. The van der Waals surface area contributed by atoms with Crippen molar-refractivity contribution in [3.63, 3.8) is 0 Å². The summed E-state index contributed by atoms with van der Waals surface area (Å²) in [5, 5.41) is 3.30. The summed E-state index contributed by atoms with van der Waals surface area (Å²) in [4.78, 5) is 6.33.